The highest BCUT2D eigenvalue weighted by Crippen LogP contribution is 2.23. The minimum absolute atomic E-state index is 0.203. The van der Waals surface area contributed by atoms with Gasteiger partial charge in [0, 0.05) is 38.1 Å². The molecular weight excluding hydrogens is 318 g/mol. The largest absolute Gasteiger partial charge is 0.506 e. The van der Waals surface area contributed by atoms with Crippen LogP contribution in [-0.4, -0.2) is 57.8 Å². The van der Waals surface area contributed by atoms with Gasteiger partial charge in [-0.15, -0.1) is 0 Å². The zero-order valence-corrected chi connectivity index (χ0v) is 15.0. The lowest BCUT2D eigenvalue weighted by Crippen LogP contribution is -2.49. The first-order chi connectivity index (χ1) is 11.8. The van der Waals surface area contributed by atoms with Crippen LogP contribution in [0.1, 0.15) is 26.5 Å². The molecule has 2 aromatic rings. The number of aromatic nitrogens is 1. The number of phenols is 1. The van der Waals surface area contributed by atoms with Crippen LogP contribution in [0.5, 0.6) is 5.75 Å². The molecule has 6 heteroatoms. The molecule has 1 saturated heterocycles. The summed E-state index contributed by atoms with van der Waals surface area (Å²) in [6.07, 6.45) is -0.249. The fourth-order valence-corrected chi connectivity index (χ4v) is 2.90. The lowest BCUT2D eigenvalue weighted by molar-refractivity contribution is 0.0138. The van der Waals surface area contributed by atoms with E-state index in [1.165, 1.54) is 0 Å². The van der Waals surface area contributed by atoms with Gasteiger partial charge in [-0.3, -0.25) is 4.90 Å². The standard InChI is InChI=1S/C19H25N3O3/c1-19(2,3)25-18(24)22-11-9-21(10-12-22)13-15-8-7-14-5-4-6-16(23)17(14)20-15/h4-8,23H,9-13H2,1-3H3. The number of rotatable bonds is 2. The van der Waals surface area contributed by atoms with Crippen molar-refractivity contribution >= 4 is 17.0 Å². The number of para-hydroxylation sites is 1. The third kappa shape index (κ3) is 4.39. The lowest BCUT2D eigenvalue weighted by atomic mass is 10.2. The first-order valence-corrected chi connectivity index (χ1v) is 8.60. The molecule has 2 heterocycles. The fraction of sp³-hybridized carbons (Fsp3) is 0.474. The number of phenolic OH excluding ortho intramolecular Hbond substituents is 1. The summed E-state index contributed by atoms with van der Waals surface area (Å²) in [5, 5.41) is 10.9. The Balaban J connectivity index is 1.59. The smallest absolute Gasteiger partial charge is 0.410 e. The van der Waals surface area contributed by atoms with Crippen LogP contribution in [0.25, 0.3) is 10.9 Å². The van der Waals surface area contributed by atoms with E-state index in [-0.39, 0.29) is 11.8 Å². The van der Waals surface area contributed by atoms with E-state index in [1.54, 1.807) is 11.0 Å². The molecular formula is C19H25N3O3. The lowest BCUT2D eigenvalue weighted by Gasteiger charge is -2.35. The number of hydrogen-bond acceptors (Lipinski definition) is 5. The van der Waals surface area contributed by atoms with Gasteiger partial charge in [0.15, 0.2) is 0 Å². The Morgan fingerprint density at radius 2 is 1.88 bits per heavy atom. The number of carbonyl (C=O) groups is 1. The van der Waals surface area contributed by atoms with Crippen molar-refractivity contribution in [2.45, 2.75) is 32.9 Å². The van der Waals surface area contributed by atoms with Gasteiger partial charge < -0.3 is 14.7 Å². The zero-order chi connectivity index (χ0) is 18.0. The molecule has 0 spiro atoms. The van der Waals surface area contributed by atoms with Gasteiger partial charge >= 0.3 is 6.09 Å². The van der Waals surface area contributed by atoms with Gasteiger partial charge in [0.1, 0.15) is 16.9 Å². The summed E-state index contributed by atoms with van der Waals surface area (Å²) in [7, 11) is 0. The third-order valence-corrected chi connectivity index (χ3v) is 4.17. The molecule has 1 aromatic carbocycles. The minimum atomic E-state index is -0.467. The van der Waals surface area contributed by atoms with Gasteiger partial charge in [-0.2, -0.15) is 0 Å². The minimum Gasteiger partial charge on any atom is -0.506 e. The monoisotopic (exact) mass is 343 g/mol. The molecule has 1 aliphatic heterocycles. The molecule has 1 amide bonds. The van der Waals surface area contributed by atoms with Gasteiger partial charge in [0.25, 0.3) is 0 Å². The number of benzene rings is 1. The number of amides is 1. The van der Waals surface area contributed by atoms with Gasteiger partial charge in [-0.05, 0) is 32.9 Å². The summed E-state index contributed by atoms with van der Waals surface area (Å²) in [4.78, 5) is 20.7. The molecule has 1 aromatic heterocycles. The first-order valence-electron chi connectivity index (χ1n) is 8.60. The molecule has 0 radical (unpaired) electrons. The van der Waals surface area contributed by atoms with Crippen LogP contribution in [0, 0.1) is 0 Å². The third-order valence-electron chi connectivity index (χ3n) is 4.17. The number of carbonyl (C=O) groups excluding carboxylic acids is 1. The fourth-order valence-electron chi connectivity index (χ4n) is 2.90. The number of ether oxygens (including phenoxy) is 1. The highest BCUT2D eigenvalue weighted by Gasteiger charge is 2.25. The number of aromatic hydroxyl groups is 1. The molecule has 0 atom stereocenters. The maximum atomic E-state index is 12.1. The van der Waals surface area contributed by atoms with Crippen LogP contribution < -0.4 is 0 Å². The van der Waals surface area contributed by atoms with Gasteiger partial charge in [0.2, 0.25) is 0 Å². The molecule has 134 valence electrons. The number of fused-ring (bicyclic) bond motifs is 1. The Bertz CT molecular complexity index is 762. The van der Waals surface area contributed by atoms with E-state index in [0.717, 1.165) is 24.2 Å². The Labute approximate surface area is 148 Å². The SMILES string of the molecule is CC(C)(C)OC(=O)N1CCN(Cc2ccc3cccc(O)c3n2)CC1. The van der Waals surface area contributed by atoms with Crippen molar-refractivity contribution in [2.24, 2.45) is 0 Å². The van der Waals surface area contributed by atoms with Crippen molar-refractivity contribution in [3.63, 3.8) is 0 Å². The summed E-state index contributed by atoms with van der Waals surface area (Å²) < 4.78 is 5.42. The van der Waals surface area contributed by atoms with E-state index in [2.05, 4.69) is 9.88 Å². The molecule has 25 heavy (non-hydrogen) atoms. The van der Waals surface area contributed by atoms with Gasteiger partial charge in [-0.1, -0.05) is 18.2 Å². The van der Waals surface area contributed by atoms with Crippen molar-refractivity contribution in [1.82, 2.24) is 14.8 Å². The van der Waals surface area contributed by atoms with Crippen molar-refractivity contribution in [2.75, 3.05) is 26.2 Å². The molecule has 0 saturated carbocycles. The second-order valence-electron chi connectivity index (χ2n) is 7.39. The van der Waals surface area contributed by atoms with E-state index < -0.39 is 5.60 Å². The zero-order valence-electron chi connectivity index (χ0n) is 15.0. The van der Waals surface area contributed by atoms with Gasteiger partial charge in [-0.25, -0.2) is 9.78 Å². The maximum Gasteiger partial charge on any atom is 0.410 e. The predicted octanol–water partition coefficient (Wildman–Crippen LogP) is 2.99. The molecule has 1 N–H and O–H groups in total. The summed E-state index contributed by atoms with van der Waals surface area (Å²) in [5.74, 6) is 0.203. The predicted molar refractivity (Wildman–Crippen MR) is 96.5 cm³/mol. The van der Waals surface area contributed by atoms with E-state index in [4.69, 9.17) is 4.74 Å². The first kappa shape index (κ1) is 17.5. The van der Waals surface area contributed by atoms with E-state index in [9.17, 15) is 9.90 Å². The van der Waals surface area contributed by atoms with Crippen molar-refractivity contribution in [3.8, 4) is 5.75 Å². The molecule has 3 rings (SSSR count). The van der Waals surface area contributed by atoms with Crippen LogP contribution in [0.3, 0.4) is 0 Å². The average molecular weight is 343 g/mol. The molecule has 0 unspecified atom stereocenters. The Kier molecular flexibility index (Phi) is 4.81. The highest BCUT2D eigenvalue weighted by atomic mass is 16.6. The molecule has 0 aliphatic carbocycles. The van der Waals surface area contributed by atoms with Crippen LogP contribution in [0.15, 0.2) is 30.3 Å². The molecule has 1 aliphatic rings. The molecule has 1 fully saturated rings. The van der Waals surface area contributed by atoms with E-state index in [0.29, 0.717) is 25.2 Å². The number of pyridine rings is 1. The molecule has 0 bridgehead atoms. The normalized spacial score (nSPS) is 16.2. The average Bonchev–Trinajstić information content (AvgIpc) is 2.55. The van der Waals surface area contributed by atoms with Crippen LogP contribution in [0.4, 0.5) is 4.79 Å². The van der Waals surface area contributed by atoms with Crippen LogP contribution >= 0.6 is 0 Å². The summed E-state index contributed by atoms with van der Waals surface area (Å²) in [5.41, 5.74) is 1.08. The molecule has 6 nitrogen and oxygen atoms in total. The Morgan fingerprint density at radius 1 is 1.16 bits per heavy atom. The summed E-state index contributed by atoms with van der Waals surface area (Å²) in [6, 6.07) is 9.37. The second-order valence-corrected chi connectivity index (χ2v) is 7.39. The highest BCUT2D eigenvalue weighted by molar-refractivity contribution is 5.84. The van der Waals surface area contributed by atoms with E-state index in [1.807, 2.05) is 45.0 Å². The van der Waals surface area contributed by atoms with Crippen LogP contribution in [-0.2, 0) is 11.3 Å². The van der Waals surface area contributed by atoms with Crippen molar-refractivity contribution in [1.29, 1.82) is 0 Å². The Morgan fingerprint density at radius 3 is 2.56 bits per heavy atom. The van der Waals surface area contributed by atoms with Crippen LogP contribution in [0.2, 0.25) is 0 Å². The number of hydrogen-bond donors (Lipinski definition) is 1. The summed E-state index contributed by atoms with van der Waals surface area (Å²) >= 11 is 0. The quantitative estimate of drug-likeness (QED) is 0.908. The number of nitrogens with zero attached hydrogens (tertiary/aromatic N) is 3. The van der Waals surface area contributed by atoms with Gasteiger partial charge in [0.05, 0.1) is 5.69 Å². The van der Waals surface area contributed by atoms with Crippen molar-refractivity contribution < 1.29 is 14.6 Å². The second kappa shape index (κ2) is 6.88. The number of piperazine rings is 1. The topological polar surface area (TPSA) is 65.9 Å². The van der Waals surface area contributed by atoms with E-state index >= 15 is 0 Å². The Hall–Kier alpha value is -2.34. The van der Waals surface area contributed by atoms with Crippen molar-refractivity contribution in [3.05, 3.63) is 36.0 Å². The summed E-state index contributed by atoms with van der Waals surface area (Å²) in [6.45, 7) is 9.18. The maximum absolute atomic E-state index is 12.1.